The summed E-state index contributed by atoms with van der Waals surface area (Å²) in [4.78, 5) is 61.2. The first-order valence-electron chi connectivity index (χ1n) is 15.3. The number of carbonyl (C=O) groups excluding carboxylic acids is 4. The van der Waals surface area contributed by atoms with Crippen LogP contribution in [-0.4, -0.2) is 33.6 Å². The molecule has 2 aromatic heterocycles. The topological polar surface area (TPSA) is 108 Å². The van der Waals surface area contributed by atoms with E-state index in [9.17, 15) is 19.5 Å². The summed E-state index contributed by atoms with van der Waals surface area (Å²) in [5.74, 6) is -3.83. The molecule has 4 aliphatic rings. The van der Waals surface area contributed by atoms with Gasteiger partial charge in [-0.3, -0.25) is 24.1 Å². The minimum atomic E-state index is -1.41. The van der Waals surface area contributed by atoms with Crippen molar-refractivity contribution in [1.82, 2.24) is 4.90 Å². The van der Waals surface area contributed by atoms with Crippen molar-refractivity contribution in [3.8, 4) is 0 Å². The van der Waals surface area contributed by atoms with E-state index in [1.807, 2.05) is 53.9 Å². The zero-order valence-electron chi connectivity index (χ0n) is 24.5. The van der Waals surface area contributed by atoms with Gasteiger partial charge >= 0.3 is 0 Å². The van der Waals surface area contributed by atoms with Crippen LogP contribution in [0.2, 0.25) is 5.02 Å². The Bertz CT molecular complexity index is 1920. The molecule has 2 aromatic carbocycles. The summed E-state index contributed by atoms with van der Waals surface area (Å²) in [7, 11) is 0. The van der Waals surface area contributed by atoms with E-state index in [0.29, 0.717) is 34.2 Å². The van der Waals surface area contributed by atoms with E-state index >= 15 is 4.79 Å². The Balaban J connectivity index is 1.32. The lowest BCUT2D eigenvalue weighted by Gasteiger charge is -2.49. The number of carbonyl (C=O) groups is 4. The Morgan fingerprint density at radius 3 is 2.46 bits per heavy atom. The first-order valence-corrected chi connectivity index (χ1v) is 16.6. The van der Waals surface area contributed by atoms with Gasteiger partial charge < -0.3 is 9.52 Å². The number of nitrogens with zero attached hydrogens (tertiary/aromatic N) is 2. The van der Waals surface area contributed by atoms with Gasteiger partial charge in [-0.05, 0) is 66.1 Å². The lowest BCUT2D eigenvalue weighted by atomic mass is 9.50. The van der Waals surface area contributed by atoms with Gasteiger partial charge in [-0.25, -0.2) is 4.90 Å². The molecule has 232 valence electrons. The number of rotatable bonds is 6. The van der Waals surface area contributed by atoms with Crippen molar-refractivity contribution in [2.45, 2.75) is 37.3 Å². The second-order valence-electron chi connectivity index (χ2n) is 12.4. The maximum Gasteiger partial charge on any atom is 0.246 e. The lowest BCUT2D eigenvalue weighted by Crippen LogP contribution is -2.53. The maximum absolute atomic E-state index is 15.1. The number of anilines is 1. The SMILES string of the molecule is O=C1[C@H]2[C@H](CC=C3[C@H]2C[C@H]2C(=O)N(c4cccc(Cl)c4)C(=O)[C@@]2(c2ccccc2)[C@H]3c2ccc(CO)o2)C(=O)N1Cc1cccs1. The molecule has 0 unspecified atom stereocenters. The van der Waals surface area contributed by atoms with Gasteiger partial charge in [0, 0.05) is 9.90 Å². The number of likely N-dealkylation sites (tertiary alicyclic amines) is 1. The van der Waals surface area contributed by atoms with Gasteiger partial charge in [-0.1, -0.05) is 65.7 Å². The fourth-order valence-corrected chi connectivity index (χ4v) is 9.34. The summed E-state index contributed by atoms with van der Waals surface area (Å²) in [6, 6.07) is 23.2. The van der Waals surface area contributed by atoms with Crippen molar-refractivity contribution in [3.63, 3.8) is 0 Å². The van der Waals surface area contributed by atoms with Crippen LogP contribution in [0.5, 0.6) is 0 Å². The number of aliphatic hydroxyl groups excluding tert-OH is 1. The number of thiophene rings is 1. The van der Waals surface area contributed by atoms with Crippen LogP contribution in [0.3, 0.4) is 0 Å². The number of allylic oxidation sites excluding steroid dienone is 2. The molecule has 1 saturated carbocycles. The molecule has 4 heterocycles. The highest BCUT2D eigenvalue weighted by atomic mass is 35.5. The number of hydrogen-bond acceptors (Lipinski definition) is 7. The molecule has 2 saturated heterocycles. The number of imide groups is 2. The molecule has 4 aromatic rings. The average molecular weight is 653 g/mol. The maximum atomic E-state index is 15.1. The monoisotopic (exact) mass is 652 g/mol. The molecule has 8 rings (SSSR count). The fourth-order valence-electron chi connectivity index (χ4n) is 8.47. The van der Waals surface area contributed by atoms with Gasteiger partial charge in [-0.15, -0.1) is 11.3 Å². The molecular weight excluding hydrogens is 624 g/mol. The Kier molecular flexibility index (Phi) is 6.90. The third kappa shape index (κ3) is 4.08. The number of amides is 4. The number of fused-ring (bicyclic) bond motifs is 4. The zero-order chi connectivity index (χ0) is 31.7. The van der Waals surface area contributed by atoms with Crippen LogP contribution >= 0.6 is 22.9 Å². The third-order valence-electron chi connectivity index (χ3n) is 10.3. The molecule has 10 heteroatoms. The van der Waals surface area contributed by atoms with Crippen LogP contribution in [0.25, 0.3) is 0 Å². The Morgan fingerprint density at radius 2 is 1.74 bits per heavy atom. The summed E-state index contributed by atoms with van der Waals surface area (Å²) in [5, 5.41) is 12.2. The standard InChI is InChI=1S/C36H29ClN2O6S/c37-21-8-4-9-22(16-21)39-33(42)28-17-27-25(12-13-26-30(27)34(43)38(32(26)41)18-24-10-5-15-46-24)31(29-14-11-23(19-40)45-29)36(28,35(39)44)20-6-2-1-3-7-20/h1-12,14-16,26-28,30-31,40H,13,17-19H2/t26-,27+,28-,30-,31+,36+/m0/s1. The number of halogens is 1. The van der Waals surface area contributed by atoms with Gasteiger partial charge in [0.15, 0.2) is 0 Å². The van der Waals surface area contributed by atoms with E-state index in [1.165, 1.54) is 21.1 Å². The molecule has 0 radical (unpaired) electrons. The van der Waals surface area contributed by atoms with Gasteiger partial charge in [0.25, 0.3) is 0 Å². The predicted molar refractivity (Wildman–Crippen MR) is 171 cm³/mol. The summed E-state index contributed by atoms with van der Waals surface area (Å²) in [5.41, 5.74) is 0.422. The molecule has 4 amide bonds. The second-order valence-corrected chi connectivity index (χ2v) is 13.9. The fraction of sp³-hybridized carbons (Fsp3) is 0.278. The molecule has 1 N–H and O–H groups in total. The van der Waals surface area contributed by atoms with E-state index in [0.717, 1.165) is 10.5 Å². The zero-order valence-corrected chi connectivity index (χ0v) is 26.1. The number of furan rings is 1. The average Bonchev–Trinajstić information content (AvgIpc) is 3.85. The van der Waals surface area contributed by atoms with Gasteiger partial charge in [0.1, 0.15) is 23.5 Å². The van der Waals surface area contributed by atoms with E-state index < -0.39 is 40.9 Å². The number of aliphatic hydroxyl groups is 1. The largest absolute Gasteiger partial charge is 0.463 e. The van der Waals surface area contributed by atoms with Crippen LogP contribution in [0.15, 0.2) is 100 Å². The van der Waals surface area contributed by atoms with Crippen LogP contribution in [0.4, 0.5) is 5.69 Å². The molecule has 2 aliphatic heterocycles. The van der Waals surface area contributed by atoms with Crippen LogP contribution in [-0.2, 0) is 37.7 Å². The van der Waals surface area contributed by atoms with Crippen molar-refractivity contribution < 1.29 is 28.7 Å². The Labute approximate surface area is 273 Å². The Hall–Kier alpha value is -4.31. The second kappa shape index (κ2) is 10.9. The highest BCUT2D eigenvalue weighted by molar-refractivity contribution is 7.09. The summed E-state index contributed by atoms with van der Waals surface area (Å²) >= 11 is 7.84. The lowest BCUT2D eigenvalue weighted by molar-refractivity contribution is -0.141. The van der Waals surface area contributed by atoms with Crippen molar-refractivity contribution >= 4 is 52.3 Å². The normalized spacial score (nSPS) is 28.7. The molecule has 8 nitrogen and oxygen atoms in total. The molecule has 6 atom stereocenters. The van der Waals surface area contributed by atoms with Gasteiger partial charge in [-0.2, -0.15) is 0 Å². The van der Waals surface area contributed by atoms with E-state index in [2.05, 4.69) is 0 Å². The smallest absolute Gasteiger partial charge is 0.246 e. The van der Waals surface area contributed by atoms with Crippen LogP contribution in [0.1, 0.15) is 40.7 Å². The number of benzene rings is 2. The minimum absolute atomic E-state index is 0.204. The number of hydrogen-bond donors (Lipinski definition) is 1. The first-order chi connectivity index (χ1) is 22.3. The molecule has 3 fully saturated rings. The van der Waals surface area contributed by atoms with Crippen molar-refractivity contribution in [1.29, 1.82) is 0 Å². The predicted octanol–water partition coefficient (Wildman–Crippen LogP) is 5.85. The highest BCUT2D eigenvalue weighted by Crippen LogP contribution is 2.64. The molecule has 46 heavy (non-hydrogen) atoms. The molecule has 2 aliphatic carbocycles. The highest BCUT2D eigenvalue weighted by Gasteiger charge is 2.70. The van der Waals surface area contributed by atoms with E-state index in [-0.39, 0.29) is 37.3 Å². The first kappa shape index (κ1) is 29.1. The Morgan fingerprint density at radius 1 is 0.913 bits per heavy atom. The van der Waals surface area contributed by atoms with Crippen molar-refractivity contribution in [2.24, 2.45) is 23.7 Å². The molecule has 0 spiro atoms. The quantitative estimate of drug-likeness (QED) is 0.207. The van der Waals surface area contributed by atoms with E-state index in [4.69, 9.17) is 16.0 Å². The summed E-state index contributed by atoms with van der Waals surface area (Å²) < 4.78 is 6.22. The molecule has 0 bridgehead atoms. The van der Waals surface area contributed by atoms with E-state index in [1.54, 1.807) is 36.4 Å². The van der Waals surface area contributed by atoms with Gasteiger partial charge in [0.2, 0.25) is 23.6 Å². The third-order valence-corrected chi connectivity index (χ3v) is 11.4. The minimum Gasteiger partial charge on any atom is -0.463 e. The van der Waals surface area contributed by atoms with Crippen molar-refractivity contribution in [2.75, 3.05) is 4.90 Å². The molecular formula is C36H29ClN2O6S. The van der Waals surface area contributed by atoms with Crippen LogP contribution in [0, 0.1) is 23.7 Å². The van der Waals surface area contributed by atoms with Gasteiger partial charge in [0.05, 0.1) is 35.9 Å². The van der Waals surface area contributed by atoms with Crippen molar-refractivity contribution in [3.05, 3.63) is 123 Å². The summed E-state index contributed by atoms with van der Waals surface area (Å²) in [6.07, 6.45) is 2.54. The van der Waals surface area contributed by atoms with Crippen LogP contribution < -0.4 is 4.90 Å². The summed E-state index contributed by atoms with van der Waals surface area (Å²) in [6.45, 7) is -0.128.